The molecule has 41 heavy (non-hydrogen) atoms. The van der Waals surface area contributed by atoms with Gasteiger partial charge in [-0.05, 0) is 61.0 Å². The van der Waals surface area contributed by atoms with Gasteiger partial charge in [0.1, 0.15) is 6.29 Å². The van der Waals surface area contributed by atoms with Gasteiger partial charge < -0.3 is 25.1 Å². The summed E-state index contributed by atoms with van der Waals surface area (Å²) in [5, 5.41) is 12.4. The number of hydrogen-bond acceptors (Lipinski definition) is 6. The standard InChI is InChI=1S/C28H40N4O2.C5H12.C2H6/c1-4-31(16-14-30-34)15-13-23-9-5-8-12-26(23)21-32(17-18-33)22(2)28(29-3)27-19-24-10-6-7-11-25(24)20-27;1-3-5-4-2;1-2/h5-12,18,27-30,34H,2,4,13-17,19-21H2,1,3H3;3-5H2,1-2H3;1-2H3. The highest BCUT2D eigenvalue weighted by Crippen LogP contribution is 2.32. The summed E-state index contributed by atoms with van der Waals surface area (Å²) in [6.45, 7) is 19.2. The highest BCUT2D eigenvalue weighted by atomic mass is 16.5. The number of unbranched alkanes of at least 4 members (excludes halogenated alkanes) is 2. The van der Waals surface area contributed by atoms with Crippen LogP contribution in [-0.2, 0) is 30.6 Å². The SMILES string of the molecule is C=C(C(NC)C1Cc2ccccc2C1)N(CC=O)Cc1ccccc1CCN(CC)CCNO.CC.CCCCC. The number of carbonyl (C=O) groups excluding carboxylic acids is 1. The molecule has 3 rings (SSSR count). The van der Waals surface area contributed by atoms with E-state index in [0.29, 0.717) is 25.6 Å². The maximum atomic E-state index is 11.6. The molecule has 0 aliphatic heterocycles. The molecule has 1 aliphatic rings. The lowest BCUT2D eigenvalue weighted by molar-refractivity contribution is -0.108. The molecule has 0 spiro atoms. The number of benzene rings is 2. The molecule has 3 N–H and O–H groups in total. The molecule has 6 nitrogen and oxygen atoms in total. The molecular weight excluding hydrogens is 508 g/mol. The van der Waals surface area contributed by atoms with Gasteiger partial charge in [-0.3, -0.25) is 0 Å². The van der Waals surface area contributed by atoms with Crippen LogP contribution in [0, 0.1) is 5.92 Å². The topological polar surface area (TPSA) is 67.8 Å². The van der Waals surface area contributed by atoms with Gasteiger partial charge in [0.2, 0.25) is 0 Å². The van der Waals surface area contributed by atoms with E-state index in [1.54, 1.807) is 0 Å². The first-order chi connectivity index (χ1) is 20.0. The number of rotatable bonds is 17. The quantitative estimate of drug-likeness (QED) is 0.155. The molecular formula is C35H58N4O2. The fourth-order valence-corrected chi connectivity index (χ4v) is 5.50. The first kappa shape index (κ1) is 36.5. The first-order valence-corrected chi connectivity index (χ1v) is 15.8. The second-order valence-corrected chi connectivity index (χ2v) is 10.5. The van der Waals surface area contributed by atoms with Gasteiger partial charge in [-0.15, -0.1) is 0 Å². The van der Waals surface area contributed by atoms with Crippen molar-refractivity contribution in [3.8, 4) is 0 Å². The highest BCUT2D eigenvalue weighted by Gasteiger charge is 2.31. The first-order valence-electron chi connectivity index (χ1n) is 15.8. The smallest absolute Gasteiger partial charge is 0.139 e. The second-order valence-electron chi connectivity index (χ2n) is 10.5. The van der Waals surface area contributed by atoms with Gasteiger partial charge in [0.25, 0.3) is 0 Å². The molecule has 1 atom stereocenters. The summed E-state index contributed by atoms with van der Waals surface area (Å²) < 4.78 is 0. The molecule has 0 saturated heterocycles. The van der Waals surface area contributed by atoms with Crippen LogP contribution in [0.25, 0.3) is 0 Å². The van der Waals surface area contributed by atoms with Crippen molar-refractivity contribution in [3.63, 3.8) is 0 Å². The lowest BCUT2D eigenvalue weighted by Gasteiger charge is -2.34. The Balaban J connectivity index is 0.00000108. The van der Waals surface area contributed by atoms with Crippen molar-refractivity contribution >= 4 is 6.29 Å². The zero-order valence-electron chi connectivity index (χ0n) is 26.8. The van der Waals surface area contributed by atoms with Crippen LogP contribution in [0.1, 0.15) is 76.1 Å². The third-order valence-corrected chi connectivity index (χ3v) is 7.80. The van der Waals surface area contributed by atoms with E-state index in [2.05, 4.69) is 96.5 Å². The maximum absolute atomic E-state index is 11.6. The molecule has 0 aromatic heterocycles. The predicted octanol–water partition coefficient (Wildman–Crippen LogP) is 6.27. The fourth-order valence-electron chi connectivity index (χ4n) is 5.50. The highest BCUT2D eigenvalue weighted by molar-refractivity contribution is 5.53. The number of hydroxylamine groups is 1. The van der Waals surface area contributed by atoms with Gasteiger partial charge in [0, 0.05) is 37.9 Å². The molecule has 230 valence electrons. The van der Waals surface area contributed by atoms with Crippen LogP contribution in [0.2, 0.25) is 0 Å². The van der Waals surface area contributed by atoms with Crippen molar-refractivity contribution in [2.24, 2.45) is 5.92 Å². The minimum absolute atomic E-state index is 0.112. The molecule has 0 saturated carbocycles. The van der Waals surface area contributed by atoms with Gasteiger partial charge in [0.15, 0.2) is 0 Å². The molecule has 6 heteroatoms. The van der Waals surface area contributed by atoms with Gasteiger partial charge >= 0.3 is 0 Å². The van der Waals surface area contributed by atoms with Gasteiger partial charge in [-0.2, -0.15) is 0 Å². The normalized spacial score (nSPS) is 13.0. The summed E-state index contributed by atoms with van der Waals surface area (Å²) in [4.78, 5) is 16.1. The summed E-state index contributed by atoms with van der Waals surface area (Å²) in [6.07, 6.45) is 8.03. The zero-order chi connectivity index (χ0) is 30.5. The van der Waals surface area contributed by atoms with E-state index in [0.717, 1.165) is 50.9 Å². The number of hydrogen-bond donors (Lipinski definition) is 3. The van der Waals surface area contributed by atoms with Crippen molar-refractivity contribution in [2.75, 3.05) is 39.8 Å². The Kier molecular flexibility index (Phi) is 19.7. The van der Waals surface area contributed by atoms with Crippen molar-refractivity contribution in [1.82, 2.24) is 20.6 Å². The third-order valence-electron chi connectivity index (χ3n) is 7.80. The van der Waals surface area contributed by atoms with E-state index in [4.69, 9.17) is 5.21 Å². The van der Waals surface area contributed by atoms with E-state index in [9.17, 15) is 4.79 Å². The molecule has 0 fully saturated rings. The summed E-state index contributed by atoms with van der Waals surface area (Å²) >= 11 is 0. The Bertz CT molecular complexity index is 953. The number of nitrogens with zero attached hydrogens (tertiary/aromatic N) is 2. The Labute approximate surface area is 251 Å². The van der Waals surface area contributed by atoms with Crippen LogP contribution in [0.5, 0.6) is 0 Å². The van der Waals surface area contributed by atoms with Crippen molar-refractivity contribution in [2.45, 2.75) is 85.7 Å². The summed E-state index contributed by atoms with van der Waals surface area (Å²) in [6, 6.07) is 17.3. The van der Waals surface area contributed by atoms with Crippen LogP contribution in [0.4, 0.5) is 0 Å². The van der Waals surface area contributed by atoms with Crippen molar-refractivity contribution in [1.29, 1.82) is 0 Å². The average molecular weight is 567 g/mol. The van der Waals surface area contributed by atoms with Gasteiger partial charge in [-0.25, -0.2) is 5.48 Å². The van der Waals surface area contributed by atoms with E-state index in [1.807, 2.05) is 20.9 Å². The number of carbonyl (C=O) groups is 1. The average Bonchev–Trinajstić information content (AvgIpc) is 3.43. The van der Waals surface area contributed by atoms with Crippen LogP contribution < -0.4 is 10.8 Å². The molecule has 0 bridgehead atoms. The van der Waals surface area contributed by atoms with E-state index in [1.165, 1.54) is 41.5 Å². The number of fused-ring (bicyclic) bond motifs is 1. The Morgan fingerprint density at radius 3 is 2.07 bits per heavy atom. The minimum Gasteiger partial charge on any atom is -0.363 e. The molecule has 1 unspecified atom stereocenters. The Morgan fingerprint density at radius 1 is 1.00 bits per heavy atom. The van der Waals surface area contributed by atoms with Crippen molar-refractivity contribution < 1.29 is 10.0 Å². The number of likely N-dealkylation sites (N-methyl/N-ethyl adjacent to an activating group) is 2. The van der Waals surface area contributed by atoms with Gasteiger partial charge in [0.05, 0.1) is 6.54 Å². The summed E-state index contributed by atoms with van der Waals surface area (Å²) in [5.74, 6) is 0.428. The fraction of sp³-hybridized carbons (Fsp3) is 0.571. The van der Waals surface area contributed by atoms with E-state index in [-0.39, 0.29) is 6.04 Å². The molecule has 1 aliphatic carbocycles. The summed E-state index contributed by atoms with van der Waals surface area (Å²) in [7, 11) is 1.99. The van der Waals surface area contributed by atoms with Gasteiger partial charge in [-0.1, -0.05) is 109 Å². The van der Waals surface area contributed by atoms with Crippen LogP contribution in [0.3, 0.4) is 0 Å². The largest absolute Gasteiger partial charge is 0.363 e. The third kappa shape index (κ3) is 12.5. The predicted molar refractivity (Wildman–Crippen MR) is 174 cm³/mol. The van der Waals surface area contributed by atoms with Crippen LogP contribution >= 0.6 is 0 Å². The van der Waals surface area contributed by atoms with E-state index >= 15 is 0 Å². The van der Waals surface area contributed by atoms with Crippen LogP contribution in [0.15, 0.2) is 60.8 Å². The molecule has 2 aromatic rings. The molecule has 0 radical (unpaired) electrons. The summed E-state index contributed by atoms with van der Waals surface area (Å²) in [5.41, 5.74) is 8.58. The maximum Gasteiger partial charge on any atom is 0.139 e. The molecule has 2 aromatic carbocycles. The molecule has 0 amide bonds. The monoisotopic (exact) mass is 566 g/mol. The Morgan fingerprint density at radius 2 is 1.59 bits per heavy atom. The number of nitrogens with one attached hydrogen (secondary N) is 2. The number of aldehydes is 1. The molecule has 0 heterocycles. The zero-order valence-corrected chi connectivity index (χ0v) is 26.8. The minimum atomic E-state index is 0.112. The van der Waals surface area contributed by atoms with Crippen molar-refractivity contribution in [3.05, 3.63) is 83.1 Å². The Hall–Kier alpha value is -2.51. The lowest BCUT2D eigenvalue weighted by Crippen LogP contribution is -2.42. The lowest BCUT2D eigenvalue weighted by atomic mass is 9.93. The van der Waals surface area contributed by atoms with E-state index < -0.39 is 0 Å². The van der Waals surface area contributed by atoms with Crippen LogP contribution in [-0.4, -0.2) is 67.1 Å². The second kappa shape index (κ2) is 22.1.